The lowest BCUT2D eigenvalue weighted by molar-refractivity contribution is 0.512. The first-order valence-corrected chi connectivity index (χ1v) is 7.17. The Balaban J connectivity index is 2.17. The first-order chi connectivity index (χ1) is 5.93. The summed E-state index contributed by atoms with van der Waals surface area (Å²) in [5.41, 5.74) is 0. The van der Waals surface area contributed by atoms with E-state index in [1.54, 1.807) is 10.8 Å². The summed E-state index contributed by atoms with van der Waals surface area (Å²) in [6.45, 7) is 0. The molecule has 1 rings (SSSR count). The van der Waals surface area contributed by atoms with Gasteiger partial charge < -0.3 is 0 Å². The summed E-state index contributed by atoms with van der Waals surface area (Å²) < 4.78 is 0. The van der Waals surface area contributed by atoms with E-state index in [1.807, 2.05) is 0 Å². The molecule has 0 heterocycles. The SMILES string of the molecule is SSC1CCCCCCCCC1. The van der Waals surface area contributed by atoms with E-state index in [2.05, 4.69) is 11.7 Å². The van der Waals surface area contributed by atoms with Crippen LogP contribution in [0.2, 0.25) is 0 Å². The van der Waals surface area contributed by atoms with Gasteiger partial charge in [0.05, 0.1) is 0 Å². The molecular formula is C10H20S2. The maximum atomic E-state index is 4.33. The molecule has 1 fully saturated rings. The van der Waals surface area contributed by atoms with Gasteiger partial charge in [-0.25, -0.2) is 0 Å². The number of thiol groups is 1. The van der Waals surface area contributed by atoms with E-state index in [-0.39, 0.29) is 0 Å². The fraction of sp³-hybridized carbons (Fsp3) is 1.00. The standard InChI is InChI=1S/C10H20S2/c11-12-10-8-6-4-2-1-3-5-7-9-10/h10-11H,1-9H2. The van der Waals surface area contributed by atoms with Gasteiger partial charge in [0.2, 0.25) is 0 Å². The quantitative estimate of drug-likeness (QED) is 0.486. The van der Waals surface area contributed by atoms with Crippen molar-refractivity contribution in [2.75, 3.05) is 0 Å². The summed E-state index contributed by atoms with van der Waals surface area (Å²) >= 11 is 4.33. The van der Waals surface area contributed by atoms with Crippen molar-refractivity contribution in [3.63, 3.8) is 0 Å². The van der Waals surface area contributed by atoms with E-state index in [0.717, 1.165) is 5.25 Å². The zero-order valence-corrected chi connectivity index (χ0v) is 9.51. The Morgan fingerprint density at radius 3 is 1.58 bits per heavy atom. The zero-order valence-electron chi connectivity index (χ0n) is 7.80. The lowest BCUT2D eigenvalue weighted by Gasteiger charge is -2.14. The van der Waals surface area contributed by atoms with E-state index in [1.165, 1.54) is 57.8 Å². The van der Waals surface area contributed by atoms with Crippen molar-refractivity contribution in [3.05, 3.63) is 0 Å². The van der Waals surface area contributed by atoms with Crippen LogP contribution in [0.5, 0.6) is 0 Å². The second kappa shape index (κ2) is 7.14. The largest absolute Gasteiger partial charge is 0.111 e. The van der Waals surface area contributed by atoms with E-state index in [9.17, 15) is 0 Å². The maximum absolute atomic E-state index is 4.33. The smallest absolute Gasteiger partial charge is 0.0149 e. The van der Waals surface area contributed by atoms with Crippen LogP contribution in [0.15, 0.2) is 0 Å². The summed E-state index contributed by atoms with van der Waals surface area (Å²) in [6.07, 6.45) is 12.9. The van der Waals surface area contributed by atoms with Gasteiger partial charge in [-0.15, -0.1) is 11.7 Å². The van der Waals surface area contributed by atoms with E-state index >= 15 is 0 Å². The Bertz CT molecular complexity index is 94.0. The average molecular weight is 204 g/mol. The van der Waals surface area contributed by atoms with Crippen LogP contribution in [-0.4, -0.2) is 5.25 Å². The zero-order chi connectivity index (χ0) is 8.65. The first-order valence-electron chi connectivity index (χ1n) is 5.23. The Hall–Kier alpha value is 0.700. The molecule has 0 amide bonds. The van der Waals surface area contributed by atoms with Gasteiger partial charge in [-0.05, 0) is 12.8 Å². The third kappa shape index (κ3) is 4.66. The van der Waals surface area contributed by atoms with Gasteiger partial charge in [-0.3, -0.25) is 0 Å². The van der Waals surface area contributed by atoms with Crippen LogP contribution in [0.1, 0.15) is 57.8 Å². The highest BCUT2D eigenvalue weighted by Gasteiger charge is 2.08. The third-order valence-corrected chi connectivity index (χ3v) is 4.37. The topological polar surface area (TPSA) is 0 Å². The predicted octanol–water partition coefficient (Wildman–Crippen LogP) is 4.46. The molecule has 1 aliphatic rings. The molecule has 12 heavy (non-hydrogen) atoms. The van der Waals surface area contributed by atoms with Crippen molar-refractivity contribution in [2.24, 2.45) is 0 Å². The van der Waals surface area contributed by atoms with Crippen LogP contribution in [0.4, 0.5) is 0 Å². The van der Waals surface area contributed by atoms with Crippen LogP contribution < -0.4 is 0 Å². The second-order valence-electron chi connectivity index (χ2n) is 3.78. The lowest BCUT2D eigenvalue weighted by atomic mass is 10.0. The predicted molar refractivity (Wildman–Crippen MR) is 61.9 cm³/mol. The molecule has 1 saturated carbocycles. The average Bonchev–Trinajstić information content (AvgIpc) is 2.14. The van der Waals surface area contributed by atoms with Gasteiger partial charge >= 0.3 is 0 Å². The highest BCUT2D eigenvalue weighted by atomic mass is 33.1. The van der Waals surface area contributed by atoms with Crippen molar-refractivity contribution in [3.8, 4) is 0 Å². The van der Waals surface area contributed by atoms with Gasteiger partial charge in [0, 0.05) is 5.25 Å². The minimum Gasteiger partial charge on any atom is -0.111 e. The first kappa shape index (κ1) is 10.8. The summed E-state index contributed by atoms with van der Waals surface area (Å²) in [5.74, 6) is 0. The van der Waals surface area contributed by atoms with Gasteiger partial charge in [-0.2, -0.15) is 0 Å². The number of hydrogen-bond acceptors (Lipinski definition) is 2. The van der Waals surface area contributed by atoms with E-state index < -0.39 is 0 Å². The fourth-order valence-electron chi connectivity index (χ4n) is 1.88. The van der Waals surface area contributed by atoms with Gasteiger partial charge in [-0.1, -0.05) is 55.7 Å². The molecule has 0 aromatic heterocycles. The summed E-state index contributed by atoms with van der Waals surface area (Å²) in [7, 11) is 1.78. The molecule has 0 aromatic carbocycles. The Morgan fingerprint density at radius 1 is 0.750 bits per heavy atom. The molecule has 2 heteroatoms. The van der Waals surface area contributed by atoms with Crippen LogP contribution in [0, 0.1) is 0 Å². The third-order valence-electron chi connectivity index (χ3n) is 2.70. The summed E-state index contributed by atoms with van der Waals surface area (Å²) in [4.78, 5) is 0. The lowest BCUT2D eigenvalue weighted by Crippen LogP contribution is -2.01. The molecule has 0 bridgehead atoms. The molecular weight excluding hydrogens is 184 g/mol. The van der Waals surface area contributed by atoms with Crippen molar-refractivity contribution >= 4 is 22.5 Å². The van der Waals surface area contributed by atoms with Crippen LogP contribution >= 0.6 is 22.5 Å². The Kier molecular flexibility index (Phi) is 6.41. The fourth-order valence-corrected chi connectivity index (χ4v) is 3.05. The Morgan fingerprint density at radius 2 is 1.17 bits per heavy atom. The van der Waals surface area contributed by atoms with Crippen molar-refractivity contribution in [1.82, 2.24) is 0 Å². The molecule has 1 aliphatic carbocycles. The summed E-state index contributed by atoms with van der Waals surface area (Å²) in [6, 6.07) is 0. The molecule has 0 atom stereocenters. The minimum absolute atomic E-state index is 0.839. The normalized spacial score (nSPS) is 23.8. The van der Waals surface area contributed by atoms with Crippen LogP contribution in [-0.2, 0) is 0 Å². The van der Waals surface area contributed by atoms with Gasteiger partial charge in [0.1, 0.15) is 0 Å². The highest BCUT2D eigenvalue weighted by molar-refractivity contribution is 8.68. The van der Waals surface area contributed by atoms with Crippen LogP contribution in [0.3, 0.4) is 0 Å². The van der Waals surface area contributed by atoms with Crippen molar-refractivity contribution in [2.45, 2.75) is 63.0 Å². The van der Waals surface area contributed by atoms with Gasteiger partial charge in [0.15, 0.2) is 0 Å². The van der Waals surface area contributed by atoms with E-state index in [4.69, 9.17) is 0 Å². The Labute approximate surface area is 85.7 Å². The number of hydrogen-bond donors (Lipinski definition) is 1. The van der Waals surface area contributed by atoms with E-state index in [0.29, 0.717) is 0 Å². The maximum Gasteiger partial charge on any atom is 0.0149 e. The molecule has 0 saturated heterocycles. The molecule has 0 nitrogen and oxygen atoms in total. The molecule has 0 N–H and O–H groups in total. The minimum atomic E-state index is 0.839. The number of rotatable bonds is 1. The van der Waals surface area contributed by atoms with Crippen molar-refractivity contribution in [1.29, 1.82) is 0 Å². The molecule has 0 aromatic rings. The molecule has 0 spiro atoms. The second-order valence-corrected chi connectivity index (χ2v) is 5.29. The van der Waals surface area contributed by atoms with Crippen LogP contribution in [0.25, 0.3) is 0 Å². The van der Waals surface area contributed by atoms with Gasteiger partial charge in [0.25, 0.3) is 0 Å². The highest BCUT2D eigenvalue weighted by Crippen LogP contribution is 2.27. The molecule has 0 radical (unpaired) electrons. The van der Waals surface area contributed by atoms with Crippen molar-refractivity contribution < 1.29 is 0 Å². The monoisotopic (exact) mass is 204 g/mol. The molecule has 72 valence electrons. The molecule has 0 unspecified atom stereocenters. The molecule has 0 aliphatic heterocycles. The summed E-state index contributed by atoms with van der Waals surface area (Å²) in [5, 5.41) is 0.839.